The highest BCUT2D eigenvalue weighted by molar-refractivity contribution is 5.31. The molecule has 0 radical (unpaired) electrons. The Kier molecular flexibility index (Phi) is 5.80. The Morgan fingerprint density at radius 1 is 1.41 bits per heavy atom. The summed E-state index contributed by atoms with van der Waals surface area (Å²) in [4.78, 5) is 2.13. The molecule has 1 aliphatic heterocycles. The predicted molar refractivity (Wildman–Crippen MR) is 76.5 cm³/mol. The molecule has 2 rings (SSSR count). The standard InChI is InChI=1S/C15H21F3N2O2/c1-20-6-7-22-11(10-20)8-19-9-14(21)12-4-2-3-5-13(12)15(16,17)18/h2-5,11,14,19,21H,6-10H2,1H3. The molecule has 0 saturated carbocycles. The SMILES string of the molecule is CN1CCOC(CNCC(O)c2ccccc2C(F)(F)F)C1. The highest BCUT2D eigenvalue weighted by Crippen LogP contribution is 2.34. The molecule has 0 aromatic heterocycles. The van der Waals surface area contributed by atoms with E-state index in [9.17, 15) is 18.3 Å². The van der Waals surface area contributed by atoms with Crippen LogP contribution in [0, 0.1) is 0 Å². The van der Waals surface area contributed by atoms with Gasteiger partial charge in [0.15, 0.2) is 0 Å². The van der Waals surface area contributed by atoms with Crippen molar-refractivity contribution in [2.45, 2.75) is 18.4 Å². The number of ether oxygens (including phenoxy) is 1. The van der Waals surface area contributed by atoms with E-state index in [0.29, 0.717) is 13.2 Å². The molecule has 1 fully saturated rings. The summed E-state index contributed by atoms with van der Waals surface area (Å²) < 4.78 is 44.3. The van der Waals surface area contributed by atoms with Crippen LogP contribution < -0.4 is 5.32 Å². The smallest absolute Gasteiger partial charge is 0.387 e. The molecule has 4 nitrogen and oxygen atoms in total. The Morgan fingerprint density at radius 3 is 2.82 bits per heavy atom. The third kappa shape index (κ3) is 4.67. The van der Waals surface area contributed by atoms with E-state index in [-0.39, 0.29) is 18.2 Å². The zero-order valence-corrected chi connectivity index (χ0v) is 12.4. The molecule has 7 heteroatoms. The van der Waals surface area contributed by atoms with Crippen LogP contribution in [0.5, 0.6) is 0 Å². The van der Waals surface area contributed by atoms with Crippen LogP contribution in [0.15, 0.2) is 24.3 Å². The number of halogens is 3. The Hall–Kier alpha value is -1.15. The molecule has 1 saturated heterocycles. The normalized spacial score (nSPS) is 21.8. The highest BCUT2D eigenvalue weighted by atomic mass is 19.4. The number of aliphatic hydroxyl groups is 1. The van der Waals surface area contributed by atoms with Gasteiger partial charge in [0, 0.05) is 26.2 Å². The van der Waals surface area contributed by atoms with Crippen LogP contribution in [0.2, 0.25) is 0 Å². The van der Waals surface area contributed by atoms with Crippen molar-refractivity contribution in [1.29, 1.82) is 0 Å². The second-order valence-corrected chi connectivity index (χ2v) is 5.51. The molecule has 1 heterocycles. The quantitative estimate of drug-likeness (QED) is 0.867. The monoisotopic (exact) mass is 318 g/mol. The van der Waals surface area contributed by atoms with Gasteiger partial charge >= 0.3 is 6.18 Å². The number of alkyl halides is 3. The minimum atomic E-state index is -4.47. The zero-order chi connectivity index (χ0) is 16.2. The lowest BCUT2D eigenvalue weighted by Crippen LogP contribution is -2.45. The molecule has 2 N–H and O–H groups in total. The Labute approximate surface area is 127 Å². The lowest BCUT2D eigenvalue weighted by Gasteiger charge is -2.30. The molecule has 0 amide bonds. The van der Waals surface area contributed by atoms with Crippen molar-refractivity contribution in [3.63, 3.8) is 0 Å². The largest absolute Gasteiger partial charge is 0.416 e. The number of likely N-dealkylation sites (N-methyl/N-ethyl adjacent to an activating group) is 1. The van der Waals surface area contributed by atoms with Gasteiger partial charge in [-0.05, 0) is 18.7 Å². The van der Waals surface area contributed by atoms with Gasteiger partial charge in [0.05, 0.1) is 24.4 Å². The number of nitrogens with zero attached hydrogens (tertiary/aromatic N) is 1. The summed E-state index contributed by atoms with van der Waals surface area (Å²) in [7, 11) is 1.99. The number of morpholine rings is 1. The van der Waals surface area contributed by atoms with Gasteiger partial charge in [-0.3, -0.25) is 0 Å². The van der Waals surface area contributed by atoms with Crippen molar-refractivity contribution in [3.05, 3.63) is 35.4 Å². The maximum absolute atomic E-state index is 12.9. The van der Waals surface area contributed by atoms with E-state index >= 15 is 0 Å². The summed E-state index contributed by atoms with van der Waals surface area (Å²) in [6.45, 7) is 2.83. The molecular weight excluding hydrogens is 297 g/mol. The summed E-state index contributed by atoms with van der Waals surface area (Å²) in [5.41, 5.74) is -0.901. The van der Waals surface area contributed by atoms with Gasteiger partial charge in [-0.15, -0.1) is 0 Å². The fraction of sp³-hybridized carbons (Fsp3) is 0.600. The average molecular weight is 318 g/mol. The van der Waals surface area contributed by atoms with Gasteiger partial charge in [0.25, 0.3) is 0 Å². The summed E-state index contributed by atoms with van der Waals surface area (Å²) in [6.07, 6.45) is -5.68. The van der Waals surface area contributed by atoms with E-state index in [1.165, 1.54) is 18.2 Å². The van der Waals surface area contributed by atoms with Crippen LogP contribution in [-0.4, -0.2) is 55.9 Å². The second kappa shape index (κ2) is 7.41. The van der Waals surface area contributed by atoms with E-state index in [0.717, 1.165) is 19.2 Å². The number of rotatable bonds is 5. The van der Waals surface area contributed by atoms with Gasteiger partial charge in [0.2, 0.25) is 0 Å². The summed E-state index contributed by atoms with van der Waals surface area (Å²) in [6, 6.07) is 5.10. The molecule has 1 aromatic carbocycles. The summed E-state index contributed by atoms with van der Waals surface area (Å²) in [5, 5.41) is 13.0. The molecule has 124 valence electrons. The fourth-order valence-corrected chi connectivity index (χ4v) is 2.53. The van der Waals surface area contributed by atoms with Crippen molar-refractivity contribution >= 4 is 0 Å². The molecule has 1 aliphatic rings. The van der Waals surface area contributed by atoms with Crippen molar-refractivity contribution in [2.24, 2.45) is 0 Å². The van der Waals surface area contributed by atoms with E-state index in [1.807, 2.05) is 7.05 Å². The number of benzene rings is 1. The lowest BCUT2D eigenvalue weighted by atomic mass is 10.0. The van der Waals surface area contributed by atoms with Gasteiger partial charge in [0.1, 0.15) is 0 Å². The van der Waals surface area contributed by atoms with Gasteiger partial charge in [-0.1, -0.05) is 18.2 Å². The first kappa shape index (κ1) is 17.2. The van der Waals surface area contributed by atoms with Crippen LogP contribution >= 0.6 is 0 Å². The average Bonchev–Trinajstić information content (AvgIpc) is 2.46. The topological polar surface area (TPSA) is 44.7 Å². The molecule has 2 unspecified atom stereocenters. The van der Waals surface area contributed by atoms with E-state index in [1.54, 1.807) is 0 Å². The number of hydrogen-bond donors (Lipinski definition) is 2. The molecule has 0 bridgehead atoms. The highest BCUT2D eigenvalue weighted by Gasteiger charge is 2.34. The zero-order valence-electron chi connectivity index (χ0n) is 12.4. The minimum Gasteiger partial charge on any atom is -0.387 e. The minimum absolute atomic E-state index is 0.0104. The van der Waals surface area contributed by atoms with Crippen molar-refractivity contribution in [2.75, 3.05) is 39.8 Å². The Balaban J connectivity index is 1.89. The third-order valence-corrected chi connectivity index (χ3v) is 3.68. The first-order chi connectivity index (χ1) is 10.4. The van der Waals surface area contributed by atoms with Crippen molar-refractivity contribution < 1.29 is 23.0 Å². The van der Waals surface area contributed by atoms with Crippen LogP contribution in [0.4, 0.5) is 13.2 Å². The lowest BCUT2D eigenvalue weighted by molar-refractivity contribution is -0.139. The summed E-state index contributed by atoms with van der Waals surface area (Å²) in [5.74, 6) is 0. The van der Waals surface area contributed by atoms with E-state index in [2.05, 4.69) is 10.2 Å². The van der Waals surface area contributed by atoms with E-state index < -0.39 is 17.8 Å². The molecular formula is C15H21F3N2O2. The maximum Gasteiger partial charge on any atom is 0.416 e. The Morgan fingerprint density at radius 2 is 2.14 bits per heavy atom. The van der Waals surface area contributed by atoms with Crippen LogP contribution in [0.1, 0.15) is 17.2 Å². The first-order valence-corrected chi connectivity index (χ1v) is 7.23. The molecule has 1 aromatic rings. The maximum atomic E-state index is 12.9. The number of hydrogen-bond acceptors (Lipinski definition) is 4. The molecule has 22 heavy (non-hydrogen) atoms. The van der Waals surface area contributed by atoms with Crippen molar-refractivity contribution in [1.82, 2.24) is 10.2 Å². The first-order valence-electron chi connectivity index (χ1n) is 7.23. The van der Waals surface area contributed by atoms with Gasteiger partial charge in [-0.25, -0.2) is 0 Å². The number of nitrogens with one attached hydrogen (secondary N) is 1. The predicted octanol–water partition coefficient (Wildman–Crippen LogP) is 1.66. The van der Waals surface area contributed by atoms with E-state index in [4.69, 9.17) is 4.74 Å². The van der Waals surface area contributed by atoms with Crippen LogP contribution in [-0.2, 0) is 10.9 Å². The van der Waals surface area contributed by atoms with Crippen molar-refractivity contribution in [3.8, 4) is 0 Å². The molecule has 0 aliphatic carbocycles. The number of aliphatic hydroxyl groups excluding tert-OH is 1. The third-order valence-electron chi connectivity index (χ3n) is 3.68. The van der Waals surface area contributed by atoms with Gasteiger partial charge in [-0.2, -0.15) is 13.2 Å². The van der Waals surface area contributed by atoms with Gasteiger partial charge < -0.3 is 20.1 Å². The Bertz CT molecular complexity index is 482. The molecule has 0 spiro atoms. The van der Waals surface area contributed by atoms with Crippen LogP contribution in [0.3, 0.4) is 0 Å². The fourth-order valence-electron chi connectivity index (χ4n) is 2.53. The second-order valence-electron chi connectivity index (χ2n) is 5.51. The summed E-state index contributed by atoms with van der Waals surface area (Å²) >= 11 is 0. The van der Waals surface area contributed by atoms with Crippen LogP contribution in [0.25, 0.3) is 0 Å². The molecule has 2 atom stereocenters.